The zero-order valence-corrected chi connectivity index (χ0v) is 18.3. The van der Waals surface area contributed by atoms with Gasteiger partial charge in [0.15, 0.2) is 5.82 Å². The van der Waals surface area contributed by atoms with E-state index < -0.39 is 0 Å². The largest absolute Gasteiger partial charge is 0.359 e. The minimum Gasteiger partial charge on any atom is -0.359 e. The summed E-state index contributed by atoms with van der Waals surface area (Å²) in [6.07, 6.45) is 2.89. The summed E-state index contributed by atoms with van der Waals surface area (Å²) in [6.45, 7) is 5.63. The molecule has 1 fully saturated rings. The number of carbonyl (C=O) groups is 1. The van der Waals surface area contributed by atoms with Gasteiger partial charge in [0.25, 0.3) is 5.91 Å². The van der Waals surface area contributed by atoms with E-state index in [1.54, 1.807) is 6.07 Å². The van der Waals surface area contributed by atoms with Gasteiger partial charge in [-0.05, 0) is 61.5 Å². The van der Waals surface area contributed by atoms with E-state index in [4.69, 9.17) is 0 Å². The average Bonchev–Trinajstić information content (AvgIpc) is 3.49. The highest BCUT2D eigenvalue weighted by Gasteiger charge is 2.14. The summed E-state index contributed by atoms with van der Waals surface area (Å²) in [5, 5.41) is 3.00. The zero-order chi connectivity index (χ0) is 21.9. The maximum Gasteiger partial charge on any atom is 0.255 e. The van der Waals surface area contributed by atoms with Crippen molar-refractivity contribution in [1.82, 2.24) is 24.8 Å². The third-order valence-electron chi connectivity index (χ3n) is 6.12. The van der Waals surface area contributed by atoms with Crippen LogP contribution in [0.1, 0.15) is 15.9 Å². The number of imidazole rings is 1. The summed E-state index contributed by atoms with van der Waals surface area (Å²) in [7, 11) is 2.18. The number of H-pyrrole nitrogens is 2. The van der Waals surface area contributed by atoms with E-state index in [1.807, 2.05) is 42.6 Å². The lowest BCUT2D eigenvalue weighted by molar-refractivity contribution is 0.102. The summed E-state index contributed by atoms with van der Waals surface area (Å²) >= 11 is 0. The Balaban J connectivity index is 1.20. The lowest BCUT2D eigenvalue weighted by Gasteiger charge is -2.32. The molecule has 1 amide bonds. The SMILES string of the molecule is CN1CCN(CCc2ccc(NC(=O)c3ccc4nc(-c5ccc[nH]5)[nH]c4c3)cc2)CC1. The Morgan fingerprint density at radius 3 is 2.62 bits per heavy atom. The van der Waals surface area contributed by atoms with Crippen molar-refractivity contribution in [3.63, 3.8) is 0 Å². The molecule has 2 aromatic heterocycles. The molecule has 3 N–H and O–H groups in total. The molecule has 0 radical (unpaired) electrons. The number of anilines is 1. The Morgan fingerprint density at radius 1 is 1.06 bits per heavy atom. The van der Waals surface area contributed by atoms with Crippen LogP contribution in [-0.4, -0.2) is 70.4 Å². The predicted octanol–water partition coefficient (Wildman–Crippen LogP) is 3.60. The summed E-state index contributed by atoms with van der Waals surface area (Å²) in [5.74, 6) is 0.628. The van der Waals surface area contributed by atoms with Gasteiger partial charge in [0.05, 0.1) is 16.7 Å². The number of piperazine rings is 1. The van der Waals surface area contributed by atoms with Crippen LogP contribution >= 0.6 is 0 Å². The van der Waals surface area contributed by atoms with Crippen molar-refractivity contribution in [2.45, 2.75) is 6.42 Å². The van der Waals surface area contributed by atoms with Gasteiger partial charge in [0.1, 0.15) is 0 Å². The van der Waals surface area contributed by atoms with Crippen LogP contribution in [-0.2, 0) is 6.42 Å². The van der Waals surface area contributed by atoms with Gasteiger partial charge in [0.2, 0.25) is 0 Å². The van der Waals surface area contributed by atoms with Crippen LogP contribution in [0.3, 0.4) is 0 Å². The number of aromatic nitrogens is 3. The Labute approximate surface area is 187 Å². The number of hydrogen-bond donors (Lipinski definition) is 3. The molecule has 1 saturated heterocycles. The molecule has 0 atom stereocenters. The van der Waals surface area contributed by atoms with Crippen LogP contribution in [0.4, 0.5) is 5.69 Å². The molecule has 0 bridgehead atoms. The number of carbonyl (C=O) groups excluding carboxylic acids is 1. The molecule has 5 rings (SSSR count). The first-order valence-corrected chi connectivity index (χ1v) is 11.1. The van der Waals surface area contributed by atoms with E-state index in [0.29, 0.717) is 5.56 Å². The van der Waals surface area contributed by atoms with Gasteiger partial charge in [-0.3, -0.25) is 4.79 Å². The number of amides is 1. The molecule has 7 heteroatoms. The summed E-state index contributed by atoms with van der Waals surface area (Å²) in [6, 6.07) is 17.6. The quantitative estimate of drug-likeness (QED) is 0.438. The van der Waals surface area contributed by atoms with Crippen molar-refractivity contribution in [2.75, 3.05) is 45.1 Å². The Morgan fingerprint density at radius 2 is 1.88 bits per heavy atom. The molecular weight excluding hydrogens is 400 g/mol. The summed E-state index contributed by atoms with van der Waals surface area (Å²) in [5.41, 5.74) is 5.27. The van der Waals surface area contributed by atoms with Crippen molar-refractivity contribution in [2.24, 2.45) is 0 Å². The highest BCUT2D eigenvalue weighted by molar-refractivity contribution is 6.06. The molecule has 0 unspecified atom stereocenters. The van der Waals surface area contributed by atoms with Crippen molar-refractivity contribution in [3.8, 4) is 11.5 Å². The first kappa shape index (κ1) is 20.5. The molecule has 1 aliphatic heterocycles. The van der Waals surface area contributed by atoms with Gasteiger partial charge in [-0.25, -0.2) is 4.98 Å². The Hall–Kier alpha value is -3.42. The minimum absolute atomic E-state index is 0.131. The van der Waals surface area contributed by atoms with Crippen LogP contribution in [0.5, 0.6) is 0 Å². The fraction of sp³-hybridized carbons (Fsp3) is 0.280. The second-order valence-electron chi connectivity index (χ2n) is 8.45. The van der Waals surface area contributed by atoms with Crippen LogP contribution in [0.2, 0.25) is 0 Å². The smallest absolute Gasteiger partial charge is 0.255 e. The van der Waals surface area contributed by atoms with Crippen molar-refractivity contribution in [1.29, 1.82) is 0 Å². The number of nitrogens with one attached hydrogen (secondary N) is 3. The first-order valence-electron chi connectivity index (χ1n) is 11.1. The number of benzene rings is 2. The summed E-state index contributed by atoms with van der Waals surface area (Å²) < 4.78 is 0. The zero-order valence-electron chi connectivity index (χ0n) is 18.3. The molecule has 4 aromatic rings. The van der Waals surface area contributed by atoms with Crippen LogP contribution in [0.15, 0.2) is 60.8 Å². The third-order valence-corrected chi connectivity index (χ3v) is 6.12. The van der Waals surface area contributed by atoms with Gasteiger partial charge in [-0.2, -0.15) is 0 Å². The predicted molar refractivity (Wildman–Crippen MR) is 128 cm³/mol. The first-order chi connectivity index (χ1) is 15.6. The number of hydrogen-bond acceptors (Lipinski definition) is 4. The number of nitrogens with zero attached hydrogens (tertiary/aromatic N) is 3. The second-order valence-corrected chi connectivity index (χ2v) is 8.45. The van der Waals surface area contributed by atoms with E-state index in [-0.39, 0.29) is 5.91 Å². The normalized spacial score (nSPS) is 15.3. The highest BCUT2D eigenvalue weighted by atomic mass is 16.1. The number of rotatable bonds is 6. The molecule has 0 saturated carbocycles. The van der Waals surface area contributed by atoms with Crippen molar-refractivity contribution in [3.05, 3.63) is 71.9 Å². The van der Waals surface area contributed by atoms with E-state index in [1.165, 1.54) is 5.56 Å². The second kappa shape index (κ2) is 8.98. The van der Waals surface area contributed by atoms with Gasteiger partial charge in [0, 0.05) is 50.2 Å². The van der Waals surface area contributed by atoms with Crippen molar-refractivity contribution >= 4 is 22.6 Å². The fourth-order valence-electron chi connectivity index (χ4n) is 4.07. The Kier molecular flexibility index (Phi) is 5.75. The minimum atomic E-state index is -0.131. The van der Waals surface area contributed by atoms with E-state index >= 15 is 0 Å². The molecule has 3 heterocycles. The van der Waals surface area contributed by atoms with Crippen LogP contribution in [0.25, 0.3) is 22.6 Å². The third kappa shape index (κ3) is 4.59. The molecule has 0 spiro atoms. The molecule has 164 valence electrons. The molecule has 2 aromatic carbocycles. The van der Waals surface area contributed by atoms with Gasteiger partial charge in [-0.1, -0.05) is 12.1 Å². The van der Waals surface area contributed by atoms with E-state index in [2.05, 4.69) is 49.2 Å². The lowest BCUT2D eigenvalue weighted by Crippen LogP contribution is -2.45. The maximum absolute atomic E-state index is 12.8. The highest BCUT2D eigenvalue weighted by Crippen LogP contribution is 2.21. The van der Waals surface area contributed by atoms with Crippen molar-refractivity contribution < 1.29 is 4.79 Å². The summed E-state index contributed by atoms with van der Waals surface area (Å²) in [4.78, 5) is 28.7. The van der Waals surface area contributed by atoms with Crippen LogP contribution in [0, 0.1) is 0 Å². The molecule has 7 nitrogen and oxygen atoms in total. The maximum atomic E-state index is 12.8. The number of fused-ring (bicyclic) bond motifs is 1. The van der Waals surface area contributed by atoms with E-state index in [9.17, 15) is 4.79 Å². The van der Waals surface area contributed by atoms with Gasteiger partial charge < -0.3 is 25.1 Å². The van der Waals surface area contributed by atoms with Crippen LogP contribution < -0.4 is 5.32 Å². The molecule has 0 aliphatic carbocycles. The van der Waals surface area contributed by atoms with Gasteiger partial charge in [-0.15, -0.1) is 0 Å². The monoisotopic (exact) mass is 428 g/mol. The van der Waals surface area contributed by atoms with Gasteiger partial charge >= 0.3 is 0 Å². The number of likely N-dealkylation sites (N-methyl/N-ethyl adjacent to an activating group) is 1. The average molecular weight is 429 g/mol. The fourth-order valence-corrected chi connectivity index (χ4v) is 4.07. The standard InChI is InChI=1S/C25H28N6O/c1-30-13-15-31(16-14-30)12-10-18-4-7-20(8-5-18)27-25(32)19-6-9-21-23(17-19)29-24(28-21)22-3-2-11-26-22/h2-9,11,17,26H,10,12-16H2,1H3,(H,27,32)(H,28,29). The Bertz CT molecular complexity index is 1190. The number of aromatic amines is 2. The van der Waals surface area contributed by atoms with E-state index in [0.717, 1.165) is 67.4 Å². The lowest BCUT2D eigenvalue weighted by atomic mass is 10.1. The molecular formula is C25H28N6O. The molecule has 32 heavy (non-hydrogen) atoms. The molecule has 1 aliphatic rings. The topological polar surface area (TPSA) is 80.0 Å².